The molecule has 0 radical (unpaired) electrons. The second-order valence-electron chi connectivity index (χ2n) is 13.0. The molecular weight excluding hydrogens is 2310 g/mol. The molecule has 0 aliphatic rings. The molecule has 0 aliphatic carbocycles. The van der Waals surface area contributed by atoms with Gasteiger partial charge < -0.3 is 27.6 Å². The molecule has 0 N–H and O–H groups in total. The number of alkyl halides is 2. The third kappa shape index (κ3) is 16.6. The molecule has 0 amide bonds. The van der Waals surface area contributed by atoms with Crippen LogP contribution in [0.2, 0.25) is 0 Å². The molecule has 8 aromatic heterocycles. The van der Waals surface area contributed by atoms with Crippen LogP contribution in [0.1, 0.15) is 0 Å². The standard InChI is InChI=1S/2C9HBBr9N6.2C7H5NS.CH2Cl2.2Cu/c2*11-1-4(14)20-23(7(1)17)10(24-8(18)2(12)5(15)21-24)25-9(19)3(13)6(16)22-25;2*1-2-4-7-6(3-1)8-5-9-7;2-1-3;;/h2*10H;2*1-5H;1H2;;/q2*-1;;;;2*+1. The number of fused-ring (bicyclic) bond motifs is 2. The van der Waals surface area contributed by atoms with Crippen LogP contribution in [0.5, 0.6) is 0 Å². The number of aromatic nitrogens is 14. The van der Waals surface area contributed by atoms with Crippen LogP contribution in [-0.2, 0) is 34.1 Å². The van der Waals surface area contributed by atoms with Gasteiger partial charge in [-0.25, -0.2) is 40.6 Å². The molecule has 10 aromatic rings. The van der Waals surface area contributed by atoms with Crippen LogP contribution in [0.25, 0.3) is 20.4 Å². The molecule has 0 spiro atoms. The number of hydrogen-bond acceptors (Lipinski definition) is 10. The van der Waals surface area contributed by atoms with Crippen molar-refractivity contribution in [3.05, 3.63) is 142 Å². The molecule has 14 nitrogen and oxygen atoms in total. The maximum atomic E-state index is 4.76. The van der Waals surface area contributed by atoms with Gasteiger partial charge in [0.1, 0.15) is 27.6 Å². The van der Waals surface area contributed by atoms with Crippen LogP contribution in [0.3, 0.4) is 0 Å². The van der Waals surface area contributed by atoms with E-state index >= 15 is 0 Å². The van der Waals surface area contributed by atoms with Crippen LogP contribution in [0.4, 0.5) is 0 Å². The predicted octanol–water partition coefficient (Wildman–Crippen LogP) is 19.6. The number of nitrogens with zero attached hydrogens (tertiary/aromatic N) is 14. The number of halogens is 20. The largest absolute Gasteiger partial charge is 1.00 e. The molecule has 0 fully saturated rings. The second kappa shape index (κ2) is 32.2. The summed E-state index contributed by atoms with van der Waals surface area (Å²) >= 11 is 76.1. The van der Waals surface area contributed by atoms with E-state index in [4.69, 9.17) is 23.2 Å². The quantitative estimate of drug-likeness (QED) is 0.119. The molecule has 0 unspecified atom stereocenters. The number of para-hydroxylation sites is 2. The number of thiazole rings is 2. The maximum Gasteiger partial charge on any atom is 1.00 e. The van der Waals surface area contributed by atoms with Crippen molar-refractivity contribution in [2.24, 2.45) is 0 Å². The Hall–Kier alpha value is 3.87. The van der Waals surface area contributed by atoms with E-state index < -0.39 is 14.2 Å². The van der Waals surface area contributed by atoms with Crippen molar-refractivity contribution < 1.29 is 34.1 Å². The molecule has 10 rings (SSSR count). The summed E-state index contributed by atoms with van der Waals surface area (Å²) < 4.78 is 26.7. The van der Waals surface area contributed by atoms with Crippen molar-refractivity contribution in [2.45, 2.75) is 0 Å². The maximum absolute atomic E-state index is 4.76. The van der Waals surface area contributed by atoms with E-state index in [2.05, 4.69) is 339 Å². The zero-order valence-corrected chi connectivity index (χ0v) is 67.7. The van der Waals surface area contributed by atoms with Crippen molar-refractivity contribution in [3.63, 3.8) is 0 Å². The fourth-order valence-electron chi connectivity index (χ4n) is 5.85. The van der Waals surface area contributed by atoms with E-state index in [9.17, 15) is 0 Å². The Kier molecular flexibility index (Phi) is 30.6. The smallest absolute Gasteiger partial charge is 0.389 e. The van der Waals surface area contributed by atoms with E-state index in [-0.39, 0.29) is 39.5 Å². The molecule has 0 bridgehead atoms. The minimum Gasteiger partial charge on any atom is -0.389 e. The van der Waals surface area contributed by atoms with E-state index in [1.807, 2.05) is 47.4 Å². The zero-order valence-electron chi connectivity index (χ0n) is 34.1. The first-order valence-corrected chi connectivity index (χ1v) is 35.3. The molecule has 0 aliphatic heterocycles. The summed E-state index contributed by atoms with van der Waals surface area (Å²) in [5, 5.41) is 27.6. The van der Waals surface area contributed by atoms with Gasteiger partial charge >= 0.3 is 48.4 Å². The first kappa shape index (κ1) is 69.4. The molecule has 8 heterocycles. The molecule has 0 saturated heterocycles. The van der Waals surface area contributed by atoms with Crippen molar-refractivity contribution in [1.82, 2.24) is 68.1 Å². The van der Waals surface area contributed by atoms with Gasteiger partial charge in [-0.3, -0.25) is 0 Å². The minimum absolute atomic E-state index is 0. The van der Waals surface area contributed by atoms with E-state index in [1.165, 1.54) is 9.40 Å². The van der Waals surface area contributed by atoms with E-state index in [1.54, 1.807) is 50.2 Å². The van der Waals surface area contributed by atoms with Gasteiger partial charge in [-0.15, -0.1) is 45.9 Å². The van der Waals surface area contributed by atoms with Gasteiger partial charge in [-0.2, -0.15) is 0 Å². The Morgan fingerprint density at radius 3 is 0.712 bits per heavy atom. The SMILES string of the molecule is Brc1nn([BH-](n2nc(Br)c(Br)c2Br)n2nc(Br)c(Br)c2Br)c(Br)c1Br.Brc1nn([BH-](n2nc(Br)c(Br)c2Br)n2nc(Br)c(Br)c2Br)c(Br)c1Br.ClCCl.[Cu+].[Cu+].c1ccc2scnc2c1.c1ccc2scnc2c1. The van der Waals surface area contributed by atoms with E-state index in [0.29, 0.717) is 27.6 Å². The van der Waals surface area contributed by atoms with Crippen LogP contribution in [0.15, 0.2) is 142 Å². The Labute approximate surface area is 605 Å². The van der Waals surface area contributed by atoms with Crippen molar-refractivity contribution >= 4 is 367 Å². The summed E-state index contributed by atoms with van der Waals surface area (Å²) in [6.07, 6.45) is 0. The Balaban J connectivity index is 0.000000223. The predicted molar refractivity (Wildman–Crippen MR) is 354 cm³/mol. The third-order valence-corrected chi connectivity index (χ3v) is 29.5. The monoisotopic (exact) mass is 2310 g/mol. The van der Waals surface area contributed by atoms with Crippen molar-refractivity contribution in [2.75, 3.05) is 5.34 Å². The molecule has 40 heteroatoms. The van der Waals surface area contributed by atoms with Crippen molar-refractivity contribution in [1.29, 1.82) is 0 Å². The average molecular weight is 2330 g/mol. The van der Waals surface area contributed by atoms with Gasteiger partial charge in [0.15, 0.2) is 0 Å². The normalized spacial score (nSPS) is 10.8. The first-order valence-electron chi connectivity index (χ1n) is 18.2. The molecule has 2 aromatic carbocycles. The summed E-state index contributed by atoms with van der Waals surface area (Å²) in [6, 6.07) is 16.3. The van der Waals surface area contributed by atoms with Gasteiger partial charge in [0.05, 0.1) is 91.2 Å². The van der Waals surface area contributed by atoms with Gasteiger partial charge in [0, 0.05) is 0 Å². The van der Waals surface area contributed by atoms with Crippen LogP contribution >= 0.6 is 333 Å². The fraction of sp³-hybridized carbons (Fsp3) is 0.0303. The van der Waals surface area contributed by atoms with Crippen LogP contribution < -0.4 is 0 Å². The summed E-state index contributed by atoms with van der Waals surface area (Å²) in [7, 11) is -3.27. The van der Waals surface area contributed by atoms with Gasteiger partial charge in [0.2, 0.25) is 0 Å². The van der Waals surface area contributed by atoms with Crippen LogP contribution in [0, 0.1) is 0 Å². The van der Waals surface area contributed by atoms with Gasteiger partial charge in [-0.05, 0) is 311 Å². The summed E-state index contributed by atoms with van der Waals surface area (Å²) in [4.78, 5) is 8.27. The first-order chi connectivity index (χ1) is 33.6. The Bertz CT molecular complexity index is 2950. The average Bonchev–Trinajstić information content (AvgIpc) is 4.26. The van der Waals surface area contributed by atoms with E-state index in [0.717, 1.165) is 65.5 Å². The zero-order chi connectivity index (χ0) is 52.2. The molecule has 73 heavy (non-hydrogen) atoms. The molecule has 0 saturated carbocycles. The number of hydrogen-bond donors (Lipinski definition) is 0. The fourth-order valence-corrected chi connectivity index (χ4v) is 15.7. The summed E-state index contributed by atoms with van der Waals surface area (Å²) in [5.74, 6) is 0. The number of benzene rings is 2. The Morgan fingerprint density at radius 1 is 0.356 bits per heavy atom. The van der Waals surface area contributed by atoms with Gasteiger partial charge in [-0.1, -0.05) is 24.3 Å². The molecule has 0 atom stereocenters. The minimum atomic E-state index is -1.64. The van der Waals surface area contributed by atoms with Gasteiger partial charge in [0.25, 0.3) is 0 Å². The number of rotatable bonds is 6. The third-order valence-electron chi connectivity index (χ3n) is 8.87. The summed E-state index contributed by atoms with van der Waals surface area (Å²) in [6.45, 7) is 0. The summed E-state index contributed by atoms with van der Waals surface area (Å²) in [5.41, 5.74) is 5.93. The van der Waals surface area contributed by atoms with Crippen molar-refractivity contribution in [3.8, 4) is 0 Å². The topological polar surface area (TPSA) is 133 Å². The molecular formula is C33H14B2Br18Cl2Cu2N14S2. The molecule has 396 valence electrons. The van der Waals surface area contributed by atoms with Crippen LogP contribution in [-0.4, -0.2) is 87.7 Å². The Morgan fingerprint density at radius 2 is 0.548 bits per heavy atom. The second-order valence-corrected chi connectivity index (χ2v) is 29.3.